The zero-order valence-corrected chi connectivity index (χ0v) is 10.1. The minimum atomic E-state index is -0.806. The van der Waals surface area contributed by atoms with E-state index in [0.29, 0.717) is 32.4 Å². The number of likely N-dealkylation sites (tertiary alicyclic amines) is 1. The number of aliphatic carboxylic acids is 1. The minimum Gasteiger partial charge on any atom is -0.481 e. The van der Waals surface area contributed by atoms with Crippen LogP contribution in [0.15, 0.2) is 24.5 Å². The van der Waals surface area contributed by atoms with E-state index in [0.717, 1.165) is 5.56 Å². The third-order valence-corrected chi connectivity index (χ3v) is 3.27. The second kappa shape index (κ2) is 5.62. The zero-order chi connectivity index (χ0) is 13.0. The summed E-state index contributed by atoms with van der Waals surface area (Å²) in [4.78, 5) is 28.3. The molecule has 1 aromatic heterocycles. The van der Waals surface area contributed by atoms with Crippen molar-refractivity contribution in [2.75, 3.05) is 13.1 Å². The van der Waals surface area contributed by atoms with Crippen molar-refractivity contribution >= 4 is 11.9 Å². The maximum absolute atomic E-state index is 11.9. The predicted octanol–water partition coefficient (Wildman–Crippen LogP) is 0.947. The lowest BCUT2D eigenvalue weighted by Gasteiger charge is -2.15. The van der Waals surface area contributed by atoms with Crippen LogP contribution in [0.25, 0.3) is 0 Å². The Labute approximate surface area is 105 Å². The molecule has 0 saturated carbocycles. The van der Waals surface area contributed by atoms with Gasteiger partial charge in [-0.1, -0.05) is 0 Å². The van der Waals surface area contributed by atoms with E-state index in [1.54, 1.807) is 17.3 Å². The number of aryl methyl sites for hydroxylation is 1. The molecule has 0 aliphatic carbocycles. The molecule has 0 bridgehead atoms. The van der Waals surface area contributed by atoms with Gasteiger partial charge in [-0.2, -0.15) is 0 Å². The third kappa shape index (κ3) is 3.06. The maximum atomic E-state index is 11.9. The number of carbonyl (C=O) groups is 2. The van der Waals surface area contributed by atoms with Gasteiger partial charge in [0, 0.05) is 31.9 Å². The maximum Gasteiger partial charge on any atom is 0.308 e. The average molecular weight is 248 g/mol. The Kier molecular flexibility index (Phi) is 3.92. The molecule has 0 radical (unpaired) electrons. The number of carbonyl (C=O) groups excluding carboxylic acids is 1. The van der Waals surface area contributed by atoms with Gasteiger partial charge in [-0.25, -0.2) is 0 Å². The molecule has 0 spiro atoms. The first kappa shape index (κ1) is 12.5. The molecule has 1 amide bonds. The quantitative estimate of drug-likeness (QED) is 0.861. The standard InChI is InChI=1S/C13H16N2O3/c16-12(2-1-10-3-6-14-7-4-10)15-8-5-11(9-15)13(17)18/h3-4,6-7,11H,1-2,5,8-9H2,(H,17,18). The smallest absolute Gasteiger partial charge is 0.308 e. The fraction of sp³-hybridized carbons (Fsp3) is 0.462. The normalized spacial score (nSPS) is 18.9. The van der Waals surface area contributed by atoms with Gasteiger partial charge in [-0.15, -0.1) is 0 Å². The van der Waals surface area contributed by atoms with Crippen molar-refractivity contribution < 1.29 is 14.7 Å². The number of amides is 1. The summed E-state index contributed by atoms with van der Waals surface area (Å²) < 4.78 is 0. The van der Waals surface area contributed by atoms with Gasteiger partial charge >= 0.3 is 5.97 Å². The Morgan fingerprint density at radius 2 is 2.11 bits per heavy atom. The van der Waals surface area contributed by atoms with E-state index in [1.165, 1.54) is 0 Å². The molecule has 1 aromatic rings. The molecular formula is C13H16N2O3. The second-order valence-corrected chi connectivity index (χ2v) is 4.52. The lowest BCUT2D eigenvalue weighted by atomic mass is 10.1. The van der Waals surface area contributed by atoms with Crippen LogP contribution in [0.3, 0.4) is 0 Å². The lowest BCUT2D eigenvalue weighted by molar-refractivity contribution is -0.141. The Morgan fingerprint density at radius 3 is 2.72 bits per heavy atom. The van der Waals surface area contributed by atoms with E-state index in [4.69, 9.17) is 5.11 Å². The highest BCUT2D eigenvalue weighted by molar-refractivity contribution is 5.78. The van der Waals surface area contributed by atoms with Crippen molar-refractivity contribution in [3.8, 4) is 0 Å². The second-order valence-electron chi connectivity index (χ2n) is 4.52. The molecule has 0 aromatic carbocycles. The van der Waals surface area contributed by atoms with Gasteiger partial charge in [0.05, 0.1) is 5.92 Å². The van der Waals surface area contributed by atoms with Crippen molar-refractivity contribution in [3.63, 3.8) is 0 Å². The number of aromatic nitrogens is 1. The number of rotatable bonds is 4. The van der Waals surface area contributed by atoms with Crippen molar-refractivity contribution in [3.05, 3.63) is 30.1 Å². The zero-order valence-electron chi connectivity index (χ0n) is 10.1. The summed E-state index contributed by atoms with van der Waals surface area (Å²) in [5, 5.41) is 8.88. The van der Waals surface area contributed by atoms with Gasteiger partial charge in [0.2, 0.25) is 5.91 Å². The fourth-order valence-electron chi connectivity index (χ4n) is 2.15. The average Bonchev–Trinajstić information content (AvgIpc) is 2.87. The molecule has 1 N–H and O–H groups in total. The Bertz CT molecular complexity index is 433. The summed E-state index contributed by atoms with van der Waals surface area (Å²) in [6.45, 7) is 0.913. The van der Waals surface area contributed by atoms with Crippen molar-refractivity contribution in [1.82, 2.24) is 9.88 Å². The van der Waals surface area contributed by atoms with Crippen LogP contribution >= 0.6 is 0 Å². The Morgan fingerprint density at radius 1 is 1.39 bits per heavy atom. The molecule has 1 fully saturated rings. The SMILES string of the molecule is O=C(O)C1CCN(C(=O)CCc2ccncc2)C1. The van der Waals surface area contributed by atoms with Crippen molar-refractivity contribution in [2.24, 2.45) is 5.92 Å². The molecule has 1 aliphatic rings. The van der Waals surface area contributed by atoms with Crippen molar-refractivity contribution in [2.45, 2.75) is 19.3 Å². The summed E-state index contributed by atoms with van der Waals surface area (Å²) in [7, 11) is 0. The van der Waals surface area contributed by atoms with Gasteiger partial charge in [0.1, 0.15) is 0 Å². The number of carboxylic acid groups (broad SMARTS) is 1. The summed E-state index contributed by atoms with van der Waals surface area (Å²) in [5.41, 5.74) is 1.08. The van der Waals surface area contributed by atoms with Gasteiger partial charge in [0.25, 0.3) is 0 Å². The molecule has 1 aliphatic heterocycles. The largest absolute Gasteiger partial charge is 0.481 e. The van der Waals surface area contributed by atoms with Crippen LogP contribution in [0.1, 0.15) is 18.4 Å². The van der Waals surface area contributed by atoms with Crippen LogP contribution in [0.4, 0.5) is 0 Å². The lowest BCUT2D eigenvalue weighted by Crippen LogP contribution is -2.30. The fourth-order valence-corrected chi connectivity index (χ4v) is 2.15. The van der Waals surface area contributed by atoms with E-state index in [9.17, 15) is 9.59 Å². The summed E-state index contributed by atoms with van der Waals surface area (Å²) in [6.07, 6.45) is 5.08. The van der Waals surface area contributed by atoms with E-state index >= 15 is 0 Å². The van der Waals surface area contributed by atoms with Crippen molar-refractivity contribution in [1.29, 1.82) is 0 Å². The first-order chi connectivity index (χ1) is 8.66. The number of carboxylic acids is 1. The van der Waals surface area contributed by atoms with Gasteiger partial charge in [-0.3, -0.25) is 14.6 Å². The summed E-state index contributed by atoms with van der Waals surface area (Å²) in [5.74, 6) is -1.16. The minimum absolute atomic E-state index is 0.0376. The number of hydrogen-bond donors (Lipinski definition) is 1. The first-order valence-corrected chi connectivity index (χ1v) is 6.06. The van der Waals surface area contributed by atoms with E-state index < -0.39 is 11.9 Å². The van der Waals surface area contributed by atoms with E-state index in [1.807, 2.05) is 12.1 Å². The first-order valence-electron chi connectivity index (χ1n) is 6.06. The van der Waals surface area contributed by atoms with Crippen LogP contribution in [-0.2, 0) is 16.0 Å². The monoisotopic (exact) mass is 248 g/mol. The van der Waals surface area contributed by atoms with Crippen LogP contribution in [0, 0.1) is 5.92 Å². The Balaban J connectivity index is 1.81. The van der Waals surface area contributed by atoms with Crippen LogP contribution in [0.5, 0.6) is 0 Å². The molecule has 2 heterocycles. The molecular weight excluding hydrogens is 232 g/mol. The highest BCUT2D eigenvalue weighted by Gasteiger charge is 2.30. The highest BCUT2D eigenvalue weighted by Crippen LogP contribution is 2.17. The molecule has 1 saturated heterocycles. The molecule has 18 heavy (non-hydrogen) atoms. The number of pyridine rings is 1. The highest BCUT2D eigenvalue weighted by atomic mass is 16.4. The molecule has 5 nitrogen and oxygen atoms in total. The topological polar surface area (TPSA) is 70.5 Å². The van der Waals surface area contributed by atoms with Crippen LogP contribution in [0.2, 0.25) is 0 Å². The molecule has 96 valence electrons. The summed E-state index contributed by atoms with van der Waals surface area (Å²) in [6, 6.07) is 3.77. The van der Waals surface area contributed by atoms with Crippen LogP contribution < -0.4 is 0 Å². The molecule has 1 unspecified atom stereocenters. The van der Waals surface area contributed by atoms with Gasteiger partial charge in [-0.05, 0) is 30.5 Å². The van der Waals surface area contributed by atoms with E-state index in [2.05, 4.69) is 4.98 Å². The van der Waals surface area contributed by atoms with Gasteiger partial charge < -0.3 is 10.0 Å². The number of hydrogen-bond acceptors (Lipinski definition) is 3. The Hall–Kier alpha value is -1.91. The molecule has 5 heteroatoms. The molecule has 2 rings (SSSR count). The predicted molar refractivity (Wildman–Crippen MR) is 64.9 cm³/mol. The third-order valence-electron chi connectivity index (χ3n) is 3.27. The van der Waals surface area contributed by atoms with Crippen LogP contribution in [-0.4, -0.2) is 40.0 Å². The number of nitrogens with zero attached hydrogens (tertiary/aromatic N) is 2. The van der Waals surface area contributed by atoms with E-state index in [-0.39, 0.29) is 5.91 Å². The van der Waals surface area contributed by atoms with Gasteiger partial charge in [0.15, 0.2) is 0 Å². The summed E-state index contributed by atoms with van der Waals surface area (Å²) >= 11 is 0. The molecule has 1 atom stereocenters.